The van der Waals surface area contributed by atoms with Crippen molar-refractivity contribution >= 4 is 5.78 Å². The van der Waals surface area contributed by atoms with Gasteiger partial charge < -0.3 is 18.9 Å². The standard InChI is InChI=1S/C15H18O2.C14H16O3/c1-12-3-7-15(8-4-12)17-11-13-5-9-14(16-2)10-6-13;1-16-13-6-2-11(3-7-13)10-17-14-8-4-12(15)5-9-14/h3-7,9-10,15H,8,11H2,1-2H3;2-4,6-8,14H,5,9-10H2,1H3/t15-;14-/m11/s1. The minimum Gasteiger partial charge on any atom is -0.497 e. The van der Waals surface area contributed by atoms with E-state index in [1.54, 1.807) is 20.3 Å². The van der Waals surface area contributed by atoms with Crippen LogP contribution in [0.1, 0.15) is 37.3 Å². The number of rotatable bonds is 8. The summed E-state index contributed by atoms with van der Waals surface area (Å²) in [5.74, 6) is 1.91. The van der Waals surface area contributed by atoms with Gasteiger partial charge in [0.15, 0.2) is 5.78 Å². The van der Waals surface area contributed by atoms with Gasteiger partial charge >= 0.3 is 0 Å². The molecule has 34 heavy (non-hydrogen) atoms. The smallest absolute Gasteiger partial charge is 0.155 e. The minimum absolute atomic E-state index is 0.0646. The fraction of sp³-hybridized carbons (Fsp3) is 0.345. The quantitative estimate of drug-likeness (QED) is 0.483. The van der Waals surface area contributed by atoms with Gasteiger partial charge in [-0.1, -0.05) is 54.1 Å². The summed E-state index contributed by atoms with van der Waals surface area (Å²) in [6.07, 6.45) is 12.5. The highest BCUT2D eigenvalue weighted by Crippen LogP contribution is 2.17. The first kappa shape index (κ1) is 25.5. The Morgan fingerprint density at radius 1 is 0.765 bits per heavy atom. The highest BCUT2D eigenvalue weighted by atomic mass is 16.5. The van der Waals surface area contributed by atoms with Crippen LogP contribution in [0.4, 0.5) is 0 Å². The molecular formula is C29H34O5. The summed E-state index contributed by atoms with van der Waals surface area (Å²) in [6, 6.07) is 15.8. The van der Waals surface area contributed by atoms with Crippen molar-refractivity contribution in [3.63, 3.8) is 0 Å². The molecule has 0 heterocycles. The molecule has 4 rings (SSSR count). The van der Waals surface area contributed by atoms with Crippen molar-refractivity contribution in [2.75, 3.05) is 14.2 Å². The van der Waals surface area contributed by atoms with Gasteiger partial charge in [-0.05, 0) is 61.2 Å². The lowest BCUT2D eigenvalue weighted by Crippen LogP contribution is -2.16. The van der Waals surface area contributed by atoms with Crippen LogP contribution in [0.15, 0.2) is 84.5 Å². The third kappa shape index (κ3) is 8.65. The Morgan fingerprint density at radius 2 is 1.29 bits per heavy atom. The number of ketones is 1. The van der Waals surface area contributed by atoms with E-state index in [9.17, 15) is 4.79 Å². The third-order valence-corrected chi connectivity index (χ3v) is 5.66. The van der Waals surface area contributed by atoms with Crippen LogP contribution in [0.25, 0.3) is 0 Å². The van der Waals surface area contributed by atoms with E-state index in [0.29, 0.717) is 19.6 Å². The van der Waals surface area contributed by atoms with Crippen molar-refractivity contribution < 1.29 is 23.7 Å². The van der Waals surface area contributed by atoms with Gasteiger partial charge in [-0.25, -0.2) is 0 Å². The predicted octanol–water partition coefficient (Wildman–Crippen LogP) is 5.99. The second kappa shape index (κ2) is 13.5. The Bertz CT molecular complexity index is 984. The number of ether oxygens (including phenoxy) is 4. The van der Waals surface area contributed by atoms with Gasteiger partial charge in [-0.2, -0.15) is 0 Å². The summed E-state index contributed by atoms with van der Waals surface area (Å²) < 4.78 is 21.7. The fourth-order valence-electron chi connectivity index (χ4n) is 3.50. The van der Waals surface area contributed by atoms with Gasteiger partial charge in [-0.15, -0.1) is 0 Å². The summed E-state index contributed by atoms with van der Waals surface area (Å²) in [4.78, 5) is 11.0. The van der Waals surface area contributed by atoms with E-state index >= 15 is 0 Å². The molecule has 180 valence electrons. The summed E-state index contributed by atoms with van der Waals surface area (Å²) in [5, 5.41) is 0. The molecule has 2 aromatic carbocycles. The molecule has 0 fully saturated rings. The molecule has 2 aromatic rings. The summed E-state index contributed by atoms with van der Waals surface area (Å²) in [7, 11) is 3.32. The number of benzene rings is 2. The second-order valence-corrected chi connectivity index (χ2v) is 8.30. The van der Waals surface area contributed by atoms with Gasteiger partial charge in [0.25, 0.3) is 0 Å². The van der Waals surface area contributed by atoms with Crippen molar-refractivity contribution in [2.45, 2.75) is 51.6 Å². The monoisotopic (exact) mass is 462 g/mol. The molecule has 5 heteroatoms. The van der Waals surface area contributed by atoms with E-state index in [1.807, 2.05) is 54.6 Å². The summed E-state index contributed by atoms with van der Waals surface area (Å²) in [6.45, 7) is 3.31. The van der Waals surface area contributed by atoms with Crippen LogP contribution >= 0.6 is 0 Å². The molecule has 2 aliphatic carbocycles. The Balaban J connectivity index is 0.000000191. The molecule has 5 nitrogen and oxygen atoms in total. The molecule has 0 aromatic heterocycles. The van der Waals surface area contributed by atoms with Crippen molar-refractivity contribution in [2.24, 2.45) is 0 Å². The topological polar surface area (TPSA) is 54.0 Å². The Kier molecular flexibility index (Phi) is 10.1. The van der Waals surface area contributed by atoms with E-state index in [0.717, 1.165) is 29.9 Å². The number of methoxy groups -OCH3 is 2. The lowest BCUT2D eigenvalue weighted by molar-refractivity contribution is -0.115. The van der Waals surface area contributed by atoms with Gasteiger partial charge in [0.05, 0.1) is 39.6 Å². The average Bonchev–Trinajstić information content (AvgIpc) is 2.89. The van der Waals surface area contributed by atoms with Crippen LogP contribution in [-0.2, 0) is 27.5 Å². The highest BCUT2D eigenvalue weighted by Gasteiger charge is 2.13. The maximum absolute atomic E-state index is 11.0. The van der Waals surface area contributed by atoms with E-state index < -0.39 is 0 Å². The van der Waals surface area contributed by atoms with Gasteiger partial charge in [0, 0.05) is 6.42 Å². The average molecular weight is 463 g/mol. The zero-order valence-electron chi connectivity index (χ0n) is 20.2. The zero-order chi connectivity index (χ0) is 24.2. The summed E-state index contributed by atoms with van der Waals surface area (Å²) in [5.41, 5.74) is 3.59. The second-order valence-electron chi connectivity index (χ2n) is 8.30. The lowest BCUT2D eigenvalue weighted by atomic mass is 10.0. The van der Waals surface area contributed by atoms with E-state index in [-0.39, 0.29) is 18.0 Å². The molecule has 0 unspecified atom stereocenters. The number of hydrogen-bond acceptors (Lipinski definition) is 5. The molecule has 2 atom stereocenters. The molecule has 0 spiro atoms. The van der Waals surface area contributed by atoms with Crippen LogP contribution in [0.3, 0.4) is 0 Å². The first-order valence-corrected chi connectivity index (χ1v) is 11.6. The number of allylic oxidation sites excluding steroid dienone is 3. The van der Waals surface area contributed by atoms with Gasteiger partial charge in [0.2, 0.25) is 0 Å². The van der Waals surface area contributed by atoms with Gasteiger partial charge in [-0.3, -0.25) is 4.79 Å². The summed E-state index contributed by atoms with van der Waals surface area (Å²) >= 11 is 0. The highest BCUT2D eigenvalue weighted by molar-refractivity contribution is 5.90. The maximum atomic E-state index is 11.0. The van der Waals surface area contributed by atoms with Crippen LogP contribution < -0.4 is 9.47 Å². The van der Waals surface area contributed by atoms with Crippen LogP contribution in [0.2, 0.25) is 0 Å². The molecular weight excluding hydrogens is 428 g/mol. The van der Waals surface area contributed by atoms with Crippen molar-refractivity contribution in [1.82, 2.24) is 0 Å². The van der Waals surface area contributed by atoms with Crippen molar-refractivity contribution in [3.05, 3.63) is 95.6 Å². The zero-order valence-corrected chi connectivity index (χ0v) is 20.2. The van der Waals surface area contributed by atoms with Crippen molar-refractivity contribution in [1.29, 1.82) is 0 Å². The molecule has 0 radical (unpaired) electrons. The Hall–Kier alpha value is -3.15. The van der Waals surface area contributed by atoms with E-state index in [2.05, 4.69) is 25.2 Å². The SMILES string of the molecule is COc1ccc(CO[C@@H]2C=CC(=O)CC2)cc1.COc1ccc(CO[C@@H]2C=CC(C)=CC2)cc1. The maximum Gasteiger partial charge on any atom is 0.155 e. The van der Waals surface area contributed by atoms with E-state index in [4.69, 9.17) is 18.9 Å². The lowest BCUT2D eigenvalue weighted by Gasteiger charge is -2.16. The third-order valence-electron chi connectivity index (χ3n) is 5.66. The van der Waals surface area contributed by atoms with Gasteiger partial charge in [0.1, 0.15) is 11.5 Å². The molecule has 0 amide bonds. The molecule has 0 N–H and O–H groups in total. The molecule has 0 saturated carbocycles. The molecule has 0 aliphatic heterocycles. The largest absolute Gasteiger partial charge is 0.497 e. The first-order chi connectivity index (χ1) is 16.6. The van der Waals surface area contributed by atoms with Crippen LogP contribution in [0.5, 0.6) is 11.5 Å². The van der Waals surface area contributed by atoms with E-state index in [1.165, 1.54) is 11.1 Å². The predicted molar refractivity (Wildman–Crippen MR) is 134 cm³/mol. The number of carbonyl (C=O) groups excluding carboxylic acids is 1. The normalized spacial score (nSPS) is 19.1. The minimum atomic E-state index is 0.0646. The van der Waals surface area contributed by atoms with Crippen molar-refractivity contribution in [3.8, 4) is 11.5 Å². The fourth-order valence-corrected chi connectivity index (χ4v) is 3.50. The van der Waals surface area contributed by atoms with Crippen LogP contribution in [0, 0.1) is 0 Å². The molecule has 0 saturated heterocycles. The number of hydrogen-bond donors (Lipinski definition) is 0. The van der Waals surface area contributed by atoms with Crippen LogP contribution in [-0.4, -0.2) is 32.2 Å². The molecule has 0 bridgehead atoms. The number of carbonyl (C=O) groups is 1. The Labute approximate surface area is 202 Å². The first-order valence-electron chi connectivity index (χ1n) is 11.6. The molecule has 2 aliphatic rings. The Morgan fingerprint density at radius 3 is 1.74 bits per heavy atom.